The molecule has 1 aromatic heterocycles. The van der Waals surface area contributed by atoms with Gasteiger partial charge < -0.3 is 5.32 Å². The highest BCUT2D eigenvalue weighted by atomic mass is 35.5. The average Bonchev–Trinajstić information content (AvgIpc) is 3.18. The van der Waals surface area contributed by atoms with Crippen LogP contribution in [0.25, 0.3) is 0 Å². The smallest absolute Gasteiger partial charge is 0.316 e. The average molecular weight is 311 g/mol. The van der Waals surface area contributed by atoms with E-state index in [1.54, 1.807) is 4.57 Å². The van der Waals surface area contributed by atoms with Crippen LogP contribution < -0.4 is 11.0 Å². The zero-order chi connectivity index (χ0) is 14.1. The summed E-state index contributed by atoms with van der Waals surface area (Å²) in [6.07, 6.45) is 2.09. The molecule has 0 bridgehead atoms. The molecule has 0 spiro atoms. The molecule has 7 heteroatoms. The van der Waals surface area contributed by atoms with Crippen LogP contribution in [0.3, 0.4) is 0 Å². The second kappa shape index (κ2) is 5.63. The van der Waals surface area contributed by atoms with Crippen LogP contribution in [0.15, 0.2) is 33.0 Å². The summed E-state index contributed by atoms with van der Waals surface area (Å²) < 4.78 is 1.72. The molecule has 1 aliphatic carbocycles. The van der Waals surface area contributed by atoms with E-state index in [9.17, 15) is 4.79 Å². The fraction of sp³-hybridized carbons (Fsp3) is 0.385. The van der Waals surface area contributed by atoms with Gasteiger partial charge in [-0.05, 0) is 49.3 Å². The molecule has 106 valence electrons. The van der Waals surface area contributed by atoms with E-state index in [0.717, 1.165) is 29.8 Å². The first-order valence-electron chi connectivity index (χ1n) is 6.47. The van der Waals surface area contributed by atoms with Gasteiger partial charge in [-0.25, -0.2) is 9.89 Å². The van der Waals surface area contributed by atoms with Gasteiger partial charge >= 0.3 is 5.69 Å². The third-order valence-electron chi connectivity index (χ3n) is 3.16. The molecule has 2 aromatic rings. The molecule has 3 rings (SSSR count). The van der Waals surface area contributed by atoms with Gasteiger partial charge in [0.1, 0.15) is 0 Å². The van der Waals surface area contributed by atoms with E-state index in [2.05, 4.69) is 15.5 Å². The van der Waals surface area contributed by atoms with Crippen LogP contribution in [0.5, 0.6) is 0 Å². The molecule has 1 fully saturated rings. The second-order valence-corrected chi connectivity index (χ2v) is 6.23. The number of nitrogens with zero attached hydrogens (tertiary/aromatic N) is 2. The van der Waals surface area contributed by atoms with Crippen molar-refractivity contribution >= 4 is 23.4 Å². The minimum Gasteiger partial charge on any atom is -0.316 e. The zero-order valence-electron chi connectivity index (χ0n) is 11.0. The SMILES string of the molecule is CNCc1ccc(Sc2n[nH]c(=O)n2C2CC2)c(Cl)c1. The minimum atomic E-state index is -0.141. The molecule has 1 saturated carbocycles. The molecule has 2 N–H and O–H groups in total. The normalized spacial score (nSPS) is 14.7. The molecule has 0 amide bonds. The summed E-state index contributed by atoms with van der Waals surface area (Å²) in [4.78, 5) is 12.6. The number of aromatic amines is 1. The summed E-state index contributed by atoms with van der Waals surface area (Å²) >= 11 is 7.72. The first kappa shape index (κ1) is 13.7. The maximum atomic E-state index is 11.7. The lowest BCUT2D eigenvalue weighted by Gasteiger charge is -2.07. The Balaban J connectivity index is 1.86. The number of benzene rings is 1. The van der Waals surface area contributed by atoms with Crippen molar-refractivity contribution < 1.29 is 0 Å². The molecule has 1 aliphatic rings. The van der Waals surface area contributed by atoms with E-state index < -0.39 is 0 Å². The van der Waals surface area contributed by atoms with E-state index in [0.29, 0.717) is 16.2 Å². The van der Waals surface area contributed by atoms with E-state index >= 15 is 0 Å². The molecule has 0 aliphatic heterocycles. The number of hydrogen-bond donors (Lipinski definition) is 2. The van der Waals surface area contributed by atoms with Gasteiger partial charge in [-0.2, -0.15) is 0 Å². The Morgan fingerprint density at radius 3 is 3.00 bits per heavy atom. The van der Waals surface area contributed by atoms with Crippen molar-refractivity contribution in [2.75, 3.05) is 7.05 Å². The van der Waals surface area contributed by atoms with Crippen LogP contribution in [0, 0.1) is 0 Å². The predicted molar refractivity (Wildman–Crippen MR) is 79.5 cm³/mol. The third-order valence-corrected chi connectivity index (χ3v) is 4.63. The molecule has 1 aromatic carbocycles. The van der Waals surface area contributed by atoms with Gasteiger partial charge in [-0.1, -0.05) is 17.7 Å². The molecule has 0 radical (unpaired) electrons. The van der Waals surface area contributed by atoms with Crippen LogP contribution in [-0.2, 0) is 6.54 Å². The Hall–Kier alpha value is -1.24. The first-order chi connectivity index (χ1) is 9.69. The Kier molecular flexibility index (Phi) is 3.87. The molecule has 0 saturated heterocycles. The van der Waals surface area contributed by atoms with Crippen molar-refractivity contribution in [2.24, 2.45) is 0 Å². The minimum absolute atomic E-state index is 0.141. The largest absolute Gasteiger partial charge is 0.344 e. The Labute approximate surface area is 125 Å². The zero-order valence-corrected chi connectivity index (χ0v) is 12.6. The third kappa shape index (κ3) is 2.77. The van der Waals surface area contributed by atoms with Gasteiger partial charge in [0.05, 0.1) is 5.02 Å². The number of halogens is 1. The van der Waals surface area contributed by atoms with Gasteiger partial charge in [0.15, 0.2) is 5.16 Å². The van der Waals surface area contributed by atoms with Crippen LogP contribution >= 0.6 is 23.4 Å². The molecular formula is C13H15ClN4OS. The Bertz CT molecular complexity index is 677. The van der Waals surface area contributed by atoms with Gasteiger partial charge in [-0.15, -0.1) is 5.10 Å². The van der Waals surface area contributed by atoms with Crippen molar-refractivity contribution in [3.05, 3.63) is 39.3 Å². The number of aromatic nitrogens is 3. The van der Waals surface area contributed by atoms with E-state index in [-0.39, 0.29) is 5.69 Å². The van der Waals surface area contributed by atoms with Crippen LogP contribution in [0.2, 0.25) is 5.02 Å². The van der Waals surface area contributed by atoms with E-state index in [1.165, 1.54) is 11.8 Å². The number of rotatable bonds is 5. The molecule has 5 nitrogen and oxygen atoms in total. The number of nitrogens with one attached hydrogen (secondary N) is 2. The van der Waals surface area contributed by atoms with Crippen molar-refractivity contribution in [1.82, 2.24) is 20.1 Å². The van der Waals surface area contributed by atoms with Crippen molar-refractivity contribution in [1.29, 1.82) is 0 Å². The molecular weight excluding hydrogens is 296 g/mol. The number of hydrogen-bond acceptors (Lipinski definition) is 4. The van der Waals surface area contributed by atoms with Gasteiger partial charge in [-0.3, -0.25) is 4.57 Å². The van der Waals surface area contributed by atoms with Gasteiger partial charge in [0.2, 0.25) is 0 Å². The highest BCUT2D eigenvalue weighted by Crippen LogP contribution is 2.39. The molecule has 0 atom stereocenters. The van der Waals surface area contributed by atoms with Gasteiger partial charge in [0, 0.05) is 17.5 Å². The highest BCUT2D eigenvalue weighted by Gasteiger charge is 2.28. The van der Waals surface area contributed by atoms with Crippen LogP contribution in [0.4, 0.5) is 0 Å². The van der Waals surface area contributed by atoms with E-state index in [4.69, 9.17) is 11.6 Å². The predicted octanol–water partition coefficient (Wildman–Crippen LogP) is 2.43. The lowest BCUT2D eigenvalue weighted by molar-refractivity contribution is 0.642. The second-order valence-electron chi connectivity index (χ2n) is 4.81. The number of H-pyrrole nitrogens is 1. The summed E-state index contributed by atoms with van der Waals surface area (Å²) in [6, 6.07) is 6.23. The summed E-state index contributed by atoms with van der Waals surface area (Å²) in [5.41, 5.74) is 0.987. The maximum Gasteiger partial charge on any atom is 0.344 e. The van der Waals surface area contributed by atoms with E-state index in [1.807, 2.05) is 25.2 Å². The highest BCUT2D eigenvalue weighted by molar-refractivity contribution is 7.99. The van der Waals surface area contributed by atoms with Crippen LogP contribution in [0.1, 0.15) is 24.4 Å². The fourth-order valence-corrected chi connectivity index (χ4v) is 3.29. The Morgan fingerprint density at radius 2 is 2.35 bits per heavy atom. The summed E-state index contributed by atoms with van der Waals surface area (Å²) in [6.45, 7) is 0.778. The molecule has 20 heavy (non-hydrogen) atoms. The van der Waals surface area contributed by atoms with Crippen molar-refractivity contribution in [3.8, 4) is 0 Å². The quantitative estimate of drug-likeness (QED) is 0.890. The first-order valence-corrected chi connectivity index (χ1v) is 7.66. The lowest BCUT2D eigenvalue weighted by atomic mass is 10.2. The Morgan fingerprint density at radius 1 is 1.55 bits per heavy atom. The fourth-order valence-electron chi connectivity index (χ4n) is 2.06. The lowest BCUT2D eigenvalue weighted by Crippen LogP contribution is -2.16. The maximum absolute atomic E-state index is 11.7. The summed E-state index contributed by atoms with van der Waals surface area (Å²) in [5, 5.41) is 11.1. The van der Waals surface area contributed by atoms with Crippen molar-refractivity contribution in [2.45, 2.75) is 35.5 Å². The molecule has 0 unspecified atom stereocenters. The summed E-state index contributed by atoms with van der Waals surface area (Å²) in [5.74, 6) is 0. The van der Waals surface area contributed by atoms with Crippen LogP contribution in [-0.4, -0.2) is 21.8 Å². The van der Waals surface area contributed by atoms with Gasteiger partial charge in [0.25, 0.3) is 0 Å². The topological polar surface area (TPSA) is 62.7 Å². The standard InChI is InChI=1S/C13H15ClN4OS/c1-15-7-8-2-5-11(10(14)6-8)20-13-17-16-12(19)18(13)9-3-4-9/h2,5-6,9,15H,3-4,7H2,1H3,(H,16,19). The summed E-state index contributed by atoms with van der Waals surface area (Å²) in [7, 11) is 1.90. The molecule has 1 heterocycles. The van der Waals surface area contributed by atoms with Crippen molar-refractivity contribution in [3.63, 3.8) is 0 Å². The monoisotopic (exact) mass is 310 g/mol.